The van der Waals surface area contributed by atoms with Crippen LogP contribution < -0.4 is 10.1 Å². The first kappa shape index (κ1) is 18.8. The summed E-state index contributed by atoms with van der Waals surface area (Å²) in [4.78, 5) is 39.1. The van der Waals surface area contributed by atoms with E-state index in [9.17, 15) is 14.4 Å². The van der Waals surface area contributed by atoms with Crippen LogP contribution in [0.3, 0.4) is 0 Å². The second-order valence-corrected chi connectivity index (χ2v) is 6.25. The monoisotopic (exact) mass is 347 g/mol. The maximum absolute atomic E-state index is 12.5. The van der Waals surface area contributed by atoms with E-state index in [0.29, 0.717) is 37.4 Å². The van der Waals surface area contributed by atoms with Crippen LogP contribution in [0.15, 0.2) is 24.3 Å². The van der Waals surface area contributed by atoms with Gasteiger partial charge in [-0.1, -0.05) is 0 Å². The molecule has 0 atom stereocenters. The number of hydrogen-bond acceptors (Lipinski definition) is 4. The van der Waals surface area contributed by atoms with Gasteiger partial charge in [0.1, 0.15) is 5.75 Å². The Hall–Kier alpha value is -2.57. The fourth-order valence-electron chi connectivity index (χ4n) is 2.92. The normalized spacial score (nSPS) is 14.8. The van der Waals surface area contributed by atoms with E-state index in [4.69, 9.17) is 4.74 Å². The molecule has 1 heterocycles. The first-order valence-electron chi connectivity index (χ1n) is 8.35. The highest BCUT2D eigenvalue weighted by molar-refractivity contribution is 5.94. The highest BCUT2D eigenvalue weighted by Crippen LogP contribution is 2.19. The number of anilines is 1. The predicted octanol–water partition coefficient (Wildman–Crippen LogP) is 1.35. The standard InChI is InChI=1S/C18H25N3O4/c1-13(22)21-10-8-14(9-11-21)18(24)20(2)12-17(23)19-15-4-6-16(25-3)7-5-15/h4-7,14H,8-12H2,1-3H3,(H,19,23). The van der Waals surface area contributed by atoms with Crippen LogP contribution in [0.4, 0.5) is 5.69 Å². The van der Waals surface area contributed by atoms with Crippen LogP contribution in [0.25, 0.3) is 0 Å². The highest BCUT2D eigenvalue weighted by Gasteiger charge is 2.28. The van der Waals surface area contributed by atoms with Gasteiger partial charge < -0.3 is 19.9 Å². The van der Waals surface area contributed by atoms with E-state index < -0.39 is 0 Å². The van der Waals surface area contributed by atoms with E-state index in [2.05, 4.69) is 5.32 Å². The van der Waals surface area contributed by atoms with Crippen molar-refractivity contribution in [2.45, 2.75) is 19.8 Å². The van der Waals surface area contributed by atoms with Crippen molar-refractivity contribution in [3.8, 4) is 5.75 Å². The van der Waals surface area contributed by atoms with E-state index >= 15 is 0 Å². The summed E-state index contributed by atoms with van der Waals surface area (Å²) in [7, 11) is 3.21. The number of rotatable bonds is 5. The number of methoxy groups -OCH3 is 1. The van der Waals surface area contributed by atoms with E-state index in [1.165, 1.54) is 11.8 Å². The van der Waals surface area contributed by atoms with Gasteiger partial charge in [0.05, 0.1) is 13.7 Å². The minimum Gasteiger partial charge on any atom is -0.497 e. The van der Waals surface area contributed by atoms with E-state index in [0.717, 1.165) is 0 Å². The zero-order valence-electron chi connectivity index (χ0n) is 14.9. The number of piperidine rings is 1. The molecule has 0 bridgehead atoms. The third-order valence-corrected chi connectivity index (χ3v) is 4.42. The predicted molar refractivity (Wildman–Crippen MR) is 94.2 cm³/mol. The smallest absolute Gasteiger partial charge is 0.243 e. The topological polar surface area (TPSA) is 79.0 Å². The molecule has 3 amide bonds. The molecule has 0 spiro atoms. The van der Waals surface area contributed by atoms with Gasteiger partial charge in [0.25, 0.3) is 0 Å². The van der Waals surface area contributed by atoms with Gasteiger partial charge in [0.15, 0.2) is 0 Å². The van der Waals surface area contributed by atoms with Crippen molar-refractivity contribution in [2.24, 2.45) is 5.92 Å². The molecule has 1 fully saturated rings. The van der Waals surface area contributed by atoms with Gasteiger partial charge in [-0.3, -0.25) is 14.4 Å². The minimum atomic E-state index is -0.248. The van der Waals surface area contributed by atoms with Crippen LogP contribution >= 0.6 is 0 Å². The van der Waals surface area contributed by atoms with Crippen LogP contribution in [0.2, 0.25) is 0 Å². The zero-order valence-corrected chi connectivity index (χ0v) is 14.9. The lowest BCUT2D eigenvalue weighted by Gasteiger charge is -2.32. The summed E-state index contributed by atoms with van der Waals surface area (Å²) < 4.78 is 5.07. The number of likely N-dealkylation sites (N-methyl/N-ethyl adjacent to an activating group) is 1. The summed E-state index contributed by atoms with van der Waals surface area (Å²) in [6.07, 6.45) is 1.28. The largest absolute Gasteiger partial charge is 0.497 e. The van der Waals surface area contributed by atoms with Crippen molar-refractivity contribution in [1.82, 2.24) is 9.80 Å². The van der Waals surface area contributed by atoms with E-state index in [1.807, 2.05) is 0 Å². The van der Waals surface area contributed by atoms with Gasteiger partial charge in [-0.15, -0.1) is 0 Å². The lowest BCUT2D eigenvalue weighted by atomic mass is 9.95. The minimum absolute atomic E-state index is 0.00220. The van der Waals surface area contributed by atoms with E-state index in [-0.39, 0.29) is 30.2 Å². The summed E-state index contributed by atoms with van der Waals surface area (Å²) in [5, 5.41) is 2.76. The Morgan fingerprint density at radius 1 is 1.20 bits per heavy atom. The number of benzene rings is 1. The molecule has 2 rings (SSSR count). The molecule has 7 nitrogen and oxygen atoms in total. The molecule has 1 aliphatic rings. The van der Waals surface area contributed by atoms with Gasteiger partial charge in [0, 0.05) is 38.7 Å². The maximum Gasteiger partial charge on any atom is 0.243 e. The summed E-state index contributed by atoms with van der Waals surface area (Å²) >= 11 is 0. The second-order valence-electron chi connectivity index (χ2n) is 6.25. The van der Waals surface area contributed by atoms with Crippen LogP contribution in [0.5, 0.6) is 5.75 Å². The first-order valence-corrected chi connectivity index (χ1v) is 8.35. The molecule has 0 unspecified atom stereocenters. The van der Waals surface area contributed by atoms with Crippen LogP contribution in [-0.4, -0.2) is 61.3 Å². The number of nitrogens with zero attached hydrogens (tertiary/aromatic N) is 2. The molecular formula is C18H25N3O4. The van der Waals surface area contributed by atoms with Gasteiger partial charge in [-0.2, -0.15) is 0 Å². The molecule has 136 valence electrons. The highest BCUT2D eigenvalue weighted by atomic mass is 16.5. The lowest BCUT2D eigenvalue weighted by Crippen LogP contribution is -2.44. The second kappa shape index (κ2) is 8.50. The molecule has 0 aromatic heterocycles. The third kappa shape index (κ3) is 5.20. The lowest BCUT2D eigenvalue weighted by molar-refractivity contribution is -0.140. The molecule has 0 aliphatic carbocycles. The van der Waals surface area contributed by atoms with Crippen molar-refractivity contribution < 1.29 is 19.1 Å². The van der Waals surface area contributed by atoms with Crippen molar-refractivity contribution in [2.75, 3.05) is 39.1 Å². The summed E-state index contributed by atoms with van der Waals surface area (Å²) in [5.74, 6) is 0.324. The first-order chi connectivity index (χ1) is 11.9. The molecule has 7 heteroatoms. The Morgan fingerprint density at radius 2 is 1.80 bits per heavy atom. The molecule has 1 aromatic carbocycles. The summed E-state index contributed by atoms with van der Waals surface area (Å²) in [5.41, 5.74) is 0.654. The number of hydrogen-bond donors (Lipinski definition) is 1. The number of likely N-dealkylation sites (tertiary alicyclic amines) is 1. The number of carbonyl (C=O) groups is 3. The fourth-order valence-corrected chi connectivity index (χ4v) is 2.92. The number of amides is 3. The number of nitrogens with one attached hydrogen (secondary N) is 1. The average Bonchev–Trinajstić information content (AvgIpc) is 2.61. The van der Waals surface area contributed by atoms with Gasteiger partial charge >= 0.3 is 0 Å². The molecular weight excluding hydrogens is 322 g/mol. The van der Waals surface area contributed by atoms with Crippen LogP contribution in [0.1, 0.15) is 19.8 Å². The fraction of sp³-hybridized carbons (Fsp3) is 0.500. The Kier molecular flexibility index (Phi) is 6.38. The Balaban J connectivity index is 1.81. The summed E-state index contributed by atoms with van der Waals surface area (Å²) in [6, 6.07) is 7.01. The molecule has 0 radical (unpaired) electrons. The van der Waals surface area contributed by atoms with Crippen LogP contribution in [0, 0.1) is 5.92 Å². The average molecular weight is 347 g/mol. The molecule has 1 aromatic rings. The quantitative estimate of drug-likeness (QED) is 0.872. The molecule has 0 saturated carbocycles. The SMILES string of the molecule is COc1ccc(NC(=O)CN(C)C(=O)C2CCN(C(C)=O)CC2)cc1. The zero-order chi connectivity index (χ0) is 18.4. The van der Waals surface area contributed by atoms with Gasteiger partial charge in [-0.25, -0.2) is 0 Å². The van der Waals surface area contributed by atoms with Crippen molar-refractivity contribution in [1.29, 1.82) is 0 Å². The van der Waals surface area contributed by atoms with Crippen molar-refractivity contribution in [3.05, 3.63) is 24.3 Å². The van der Waals surface area contributed by atoms with Crippen LogP contribution in [-0.2, 0) is 14.4 Å². The molecule has 1 aliphatic heterocycles. The summed E-state index contributed by atoms with van der Waals surface area (Å²) in [6.45, 7) is 2.73. The third-order valence-electron chi connectivity index (χ3n) is 4.42. The van der Waals surface area contributed by atoms with Crippen molar-refractivity contribution >= 4 is 23.4 Å². The van der Waals surface area contributed by atoms with Gasteiger partial charge in [-0.05, 0) is 37.1 Å². The Morgan fingerprint density at radius 3 is 2.32 bits per heavy atom. The van der Waals surface area contributed by atoms with Gasteiger partial charge in [0.2, 0.25) is 17.7 Å². The Labute approximate surface area is 147 Å². The van der Waals surface area contributed by atoms with E-state index in [1.54, 1.807) is 43.3 Å². The maximum atomic E-state index is 12.5. The van der Waals surface area contributed by atoms with Crippen molar-refractivity contribution in [3.63, 3.8) is 0 Å². The molecule has 1 N–H and O–H groups in total. The molecule has 25 heavy (non-hydrogen) atoms. The number of ether oxygens (including phenoxy) is 1. The Bertz CT molecular complexity index is 622. The number of carbonyl (C=O) groups excluding carboxylic acids is 3. The molecule has 1 saturated heterocycles.